The van der Waals surface area contributed by atoms with Crippen LogP contribution in [0.25, 0.3) is 0 Å². The lowest BCUT2D eigenvalue weighted by Gasteiger charge is -2.31. The fourth-order valence-corrected chi connectivity index (χ4v) is 3.94. The van der Waals surface area contributed by atoms with Crippen molar-refractivity contribution in [3.63, 3.8) is 0 Å². The van der Waals surface area contributed by atoms with Crippen LogP contribution >= 0.6 is 0 Å². The lowest BCUT2D eigenvalue weighted by molar-refractivity contribution is -0.142. The number of rotatable bonds is 9. The molecule has 34 heavy (non-hydrogen) atoms. The molecule has 5 heteroatoms. The molecule has 0 aliphatic carbocycles. The molecule has 3 rings (SSSR count). The minimum absolute atomic E-state index is 0.124. The number of nitrogens with zero attached hydrogens (tertiary/aromatic N) is 1. The third-order valence-electron chi connectivity index (χ3n) is 5.76. The lowest BCUT2D eigenvalue weighted by atomic mass is 9.86. The van der Waals surface area contributed by atoms with Crippen molar-refractivity contribution in [3.8, 4) is 5.75 Å². The van der Waals surface area contributed by atoms with Gasteiger partial charge >= 0.3 is 0 Å². The number of para-hydroxylation sites is 1. The Hall–Kier alpha value is -3.60. The van der Waals surface area contributed by atoms with Gasteiger partial charge in [0.25, 0.3) is 5.91 Å². The standard InChI is InChI=1S/C29H34N2O3/c1-29(2,3)24-17-11-12-18-26(24)34-21-27(32)31(20-23-15-9-6-10-16-23)25(28(33)30-4)19-22-13-7-5-8-14-22/h5-18,25H,19-21H2,1-4H3,(H,30,33)/t25-/m0/s1. The van der Waals surface area contributed by atoms with Gasteiger partial charge in [-0.1, -0.05) is 99.6 Å². The minimum Gasteiger partial charge on any atom is -0.483 e. The first-order valence-corrected chi connectivity index (χ1v) is 11.6. The quantitative estimate of drug-likeness (QED) is 0.503. The van der Waals surface area contributed by atoms with Gasteiger partial charge in [0.1, 0.15) is 11.8 Å². The van der Waals surface area contributed by atoms with Crippen molar-refractivity contribution in [1.82, 2.24) is 10.2 Å². The molecule has 0 unspecified atom stereocenters. The monoisotopic (exact) mass is 458 g/mol. The number of hydrogen-bond donors (Lipinski definition) is 1. The second-order valence-corrected chi connectivity index (χ2v) is 9.36. The fourth-order valence-electron chi connectivity index (χ4n) is 3.94. The molecule has 2 amide bonds. The van der Waals surface area contributed by atoms with Crippen LogP contribution in [0.15, 0.2) is 84.9 Å². The first-order chi connectivity index (χ1) is 16.3. The fraction of sp³-hybridized carbons (Fsp3) is 0.310. The van der Waals surface area contributed by atoms with Gasteiger partial charge in [-0.25, -0.2) is 0 Å². The maximum absolute atomic E-state index is 13.6. The van der Waals surface area contributed by atoms with Crippen molar-refractivity contribution in [2.24, 2.45) is 0 Å². The van der Waals surface area contributed by atoms with Crippen molar-refractivity contribution < 1.29 is 14.3 Å². The topological polar surface area (TPSA) is 58.6 Å². The molecule has 0 heterocycles. The highest BCUT2D eigenvalue weighted by Gasteiger charge is 2.30. The van der Waals surface area contributed by atoms with Crippen molar-refractivity contribution in [3.05, 3.63) is 102 Å². The van der Waals surface area contributed by atoms with E-state index in [1.54, 1.807) is 11.9 Å². The van der Waals surface area contributed by atoms with E-state index in [2.05, 4.69) is 26.1 Å². The maximum Gasteiger partial charge on any atom is 0.261 e. The Labute approximate surface area is 202 Å². The van der Waals surface area contributed by atoms with Gasteiger partial charge < -0.3 is 15.0 Å². The third-order valence-corrected chi connectivity index (χ3v) is 5.76. The first-order valence-electron chi connectivity index (χ1n) is 11.6. The Morgan fingerprint density at radius 3 is 2.00 bits per heavy atom. The highest BCUT2D eigenvalue weighted by molar-refractivity contribution is 5.88. The molecule has 5 nitrogen and oxygen atoms in total. The SMILES string of the molecule is CNC(=O)[C@H](Cc1ccccc1)N(Cc1ccccc1)C(=O)COc1ccccc1C(C)(C)C. The third kappa shape index (κ3) is 6.70. The molecule has 3 aromatic carbocycles. The van der Waals surface area contributed by atoms with E-state index in [0.29, 0.717) is 18.7 Å². The number of hydrogen-bond acceptors (Lipinski definition) is 3. The summed E-state index contributed by atoms with van der Waals surface area (Å²) in [5.41, 5.74) is 2.85. The molecule has 1 N–H and O–H groups in total. The molecular formula is C29H34N2O3. The van der Waals surface area contributed by atoms with Crippen molar-refractivity contribution in [1.29, 1.82) is 0 Å². The second-order valence-electron chi connectivity index (χ2n) is 9.36. The van der Waals surface area contributed by atoms with E-state index in [-0.39, 0.29) is 23.8 Å². The van der Waals surface area contributed by atoms with Crippen LogP contribution in [0.1, 0.15) is 37.5 Å². The molecule has 0 bridgehead atoms. The molecule has 0 spiro atoms. The molecule has 0 aliphatic rings. The zero-order valence-electron chi connectivity index (χ0n) is 20.5. The number of benzene rings is 3. The van der Waals surface area contributed by atoms with E-state index in [1.165, 1.54) is 0 Å². The highest BCUT2D eigenvalue weighted by Crippen LogP contribution is 2.31. The summed E-state index contributed by atoms with van der Waals surface area (Å²) in [5, 5.41) is 2.74. The van der Waals surface area contributed by atoms with E-state index >= 15 is 0 Å². The van der Waals surface area contributed by atoms with E-state index in [1.807, 2.05) is 84.9 Å². The summed E-state index contributed by atoms with van der Waals surface area (Å²) in [4.78, 5) is 28.1. The normalized spacial score (nSPS) is 12.0. The summed E-state index contributed by atoms with van der Waals surface area (Å²) in [5.74, 6) is 0.239. The number of carbonyl (C=O) groups excluding carboxylic acids is 2. The molecule has 0 saturated carbocycles. The summed E-state index contributed by atoms with van der Waals surface area (Å²) in [6.07, 6.45) is 0.414. The van der Waals surface area contributed by atoms with Gasteiger partial charge in [-0.3, -0.25) is 9.59 Å². The molecular weight excluding hydrogens is 424 g/mol. The molecule has 0 saturated heterocycles. The van der Waals surface area contributed by atoms with Crippen LogP contribution in [0, 0.1) is 0 Å². The first kappa shape index (κ1) is 25.0. The molecule has 1 atom stereocenters. The van der Waals surface area contributed by atoms with Crippen LogP contribution in [0.3, 0.4) is 0 Å². The summed E-state index contributed by atoms with van der Waals surface area (Å²) < 4.78 is 6.03. The van der Waals surface area contributed by atoms with Crippen molar-refractivity contribution in [2.45, 2.75) is 45.2 Å². The second kappa shape index (κ2) is 11.5. The summed E-state index contributed by atoms with van der Waals surface area (Å²) in [6.45, 7) is 6.50. The number of ether oxygens (including phenoxy) is 1. The zero-order chi connectivity index (χ0) is 24.6. The Morgan fingerprint density at radius 1 is 0.853 bits per heavy atom. The summed E-state index contributed by atoms with van der Waals surface area (Å²) >= 11 is 0. The average molecular weight is 459 g/mol. The van der Waals surface area contributed by atoms with Crippen LogP contribution in [0.4, 0.5) is 0 Å². The van der Waals surface area contributed by atoms with Gasteiger partial charge in [-0.05, 0) is 28.2 Å². The van der Waals surface area contributed by atoms with Crippen molar-refractivity contribution in [2.75, 3.05) is 13.7 Å². The van der Waals surface area contributed by atoms with E-state index in [0.717, 1.165) is 16.7 Å². The number of carbonyl (C=O) groups is 2. The van der Waals surface area contributed by atoms with Gasteiger partial charge in [0, 0.05) is 20.0 Å². The molecule has 0 aromatic heterocycles. The van der Waals surface area contributed by atoms with Gasteiger partial charge in [-0.2, -0.15) is 0 Å². The Morgan fingerprint density at radius 2 is 1.41 bits per heavy atom. The Bertz CT molecular complexity index is 1080. The van der Waals surface area contributed by atoms with Gasteiger partial charge in [0.05, 0.1) is 0 Å². The zero-order valence-corrected chi connectivity index (χ0v) is 20.5. The molecule has 178 valence electrons. The largest absolute Gasteiger partial charge is 0.483 e. The van der Waals surface area contributed by atoms with Crippen molar-refractivity contribution >= 4 is 11.8 Å². The highest BCUT2D eigenvalue weighted by atomic mass is 16.5. The lowest BCUT2D eigenvalue weighted by Crippen LogP contribution is -2.51. The maximum atomic E-state index is 13.6. The average Bonchev–Trinajstić information content (AvgIpc) is 2.85. The number of amides is 2. The summed E-state index contributed by atoms with van der Waals surface area (Å²) in [6, 6.07) is 26.6. The number of nitrogens with one attached hydrogen (secondary N) is 1. The van der Waals surface area contributed by atoms with Gasteiger partial charge in [0.2, 0.25) is 5.91 Å². The predicted molar refractivity (Wildman–Crippen MR) is 136 cm³/mol. The molecule has 0 fully saturated rings. The van der Waals surface area contributed by atoms with Crippen LogP contribution in [-0.4, -0.2) is 36.4 Å². The van der Waals surface area contributed by atoms with Gasteiger partial charge in [0.15, 0.2) is 6.61 Å². The van der Waals surface area contributed by atoms with Crippen LogP contribution in [0.5, 0.6) is 5.75 Å². The molecule has 0 radical (unpaired) electrons. The molecule has 0 aliphatic heterocycles. The molecule has 3 aromatic rings. The summed E-state index contributed by atoms with van der Waals surface area (Å²) in [7, 11) is 1.60. The minimum atomic E-state index is -0.665. The predicted octanol–water partition coefficient (Wildman–Crippen LogP) is 4.75. The van der Waals surface area contributed by atoms with Gasteiger partial charge in [-0.15, -0.1) is 0 Å². The van der Waals surface area contributed by atoms with E-state index in [4.69, 9.17) is 4.74 Å². The Kier molecular flexibility index (Phi) is 8.47. The van der Waals surface area contributed by atoms with E-state index < -0.39 is 6.04 Å². The van der Waals surface area contributed by atoms with Crippen LogP contribution in [0.2, 0.25) is 0 Å². The van der Waals surface area contributed by atoms with E-state index in [9.17, 15) is 9.59 Å². The smallest absolute Gasteiger partial charge is 0.261 e. The van der Waals surface area contributed by atoms with Crippen LogP contribution in [-0.2, 0) is 28.0 Å². The number of likely N-dealkylation sites (N-methyl/N-ethyl adjacent to an activating group) is 1. The Balaban J connectivity index is 1.88. The van der Waals surface area contributed by atoms with Crippen LogP contribution < -0.4 is 10.1 Å².